The first-order chi connectivity index (χ1) is 10.0. The molecule has 0 saturated carbocycles. The fourth-order valence-electron chi connectivity index (χ4n) is 2.17. The summed E-state index contributed by atoms with van der Waals surface area (Å²) in [6, 6.07) is 9.34. The van der Waals surface area contributed by atoms with Crippen molar-refractivity contribution >= 4 is 38.5 Å². The molecule has 0 heterocycles. The second-order valence-electron chi connectivity index (χ2n) is 4.76. The Kier molecular flexibility index (Phi) is 6.13. The molecular formula is C16H15BrF2IN. The largest absolute Gasteiger partial charge is 0.306 e. The van der Waals surface area contributed by atoms with Crippen LogP contribution in [0.25, 0.3) is 0 Å². The molecule has 1 nitrogen and oxygen atoms in total. The highest BCUT2D eigenvalue weighted by Crippen LogP contribution is 2.29. The van der Waals surface area contributed by atoms with Gasteiger partial charge < -0.3 is 5.32 Å². The predicted molar refractivity (Wildman–Crippen MR) is 93.4 cm³/mol. The Bertz CT molecular complexity index is 613. The molecule has 0 amide bonds. The highest BCUT2D eigenvalue weighted by atomic mass is 127. The minimum absolute atomic E-state index is 0.237. The third kappa shape index (κ3) is 4.47. The van der Waals surface area contributed by atoms with Gasteiger partial charge in [0.2, 0.25) is 0 Å². The van der Waals surface area contributed by atoms with E-state index >= 15 is 0 Å². The summed E-state index contributed by atoms with van der Waals surface area (Å²) < 4.78 is 29.0. The van der Waals surface area contributed by atoms with E-state index in [4.69, 9.17) is 0 Å². The zero-order valence-electron chi connectivity index (χ0n) is 11.5. The number of halogens is 4. The van der Waals surface area contributed by atoms with Crippen molar-refractivity contribution in [1.29, 1.82) is 0 Å². The number of nitrogens with one attached hydrogen (secondary N) is 1. The first-order valence-electron chi connectivity index (χ1n) is 6.65. The molecule has 0 spiro atoms. The topological polar surface area (TPSA) is 12.0 Å². The van der Waals surface area contributed by atoms with Crippen LogP contribution in [0, 0.1) is 15.2 Å². The molecule has 0 bridgehead atoms. The Balaban J connectivity index is 2.49. The molecule has 0 radical (unpaired) electrons. The smallest absolute Gasteiger partial charge is 0.126 e. The molecule has 0 aromatic heterocycles. The van der Waals surface area contributed by atoms with Crippen molar-refractivity contribution in [3.8, 4) is 0 Å². The SMILES string of the molecule is CCCNC(c1cc(F)cc(F)c1)c1cc(Br)ccc1I. The molecule has 0 fully saturated rings. The monoisotopic (exact) mass is 465 g/mol. The first kappa shape index (κ1) is 16.8. The summed E-state index contributed by atoms with van der Waals surface area (Å²) in [6.07, 6.45) is 0.943. The lowest BCUT2D eigenvalue weighted by Crippen LogP contribution is -2.24. The van der Waals surface area contributed by atoms with E-state index < -0.39 is 11.6 Å². The van der Waals surface area contributed by atoms with Gasteiger partial charge in [0.25, 0.3) is 0 Å². The summed E-state index contributed by atoms with van der Waals surface area (Å²) in [7, 11) is 0. The van der Waals surface area contributed by atoms with Crippen molar-refractivity contribution < 1.29 is 8.78 Å². The zero-order chi connectivity index (χ0) is 15.4. The van der Waals surface area contributed by atoms with Gasteiger partial charge in [-0.2, -0.15) is 0 Å². The Hall–Kier alpha value is -0.530. The van der Waals surface area contributed by atoms with Crippen molar-refractivity contribution in [1.82, 2.24) is 5.32 Å². The van der Waals surface area contributed by atoms with E-state index in [2.05, 4.69) is 50.8 Å². The van der Waals surface area contributed by atoms with Crippen molar-refractivity contribution in [2.24, 2.45) is 0 Å². The summed E-state index contributed by atoms with van der Waals surface area (Å²) in [5.74, 6) is -1.11. The molecule has 1 atom stereocenters. The summed E-state index contributed by atoms with van der Waals surface area (Å²) in [5.41, 5.74) is 1.60. The first-order valence-corrected chi connectivity index (χ1v) is 8.52. The number of benzene rings is 2. The molecule has 2 aromatic rings. The Labute approximate surface area is 145 Å². The minimum atomic E-state index is -0.557. The quantitative estimate of drug-likeness (QED) is 0.581. The van der Waals surface area contributed by atoms with Crippen LogP contribution in [0.4, 0.5) is 8.78 Å². The maximum absolute atomic E-state index is 13.5. The highest BCUT2D eigenvalue weighted by Gasteiger charge is 2.18. The van der Waals surface area contributed by atoms with Gasteiger partial charge in [0.05, 0.1) is 6.04 Å². The third-order valence-corrected chi connectivity index (χ3v) is 4.56. The number of hydrogen-bond acceptors (Lipinski definition) is 1. The molecule has 0 aliphatic carbocycles. The Morgan fingerprint density at radius 3 is 2.43 bits per heavy atom. The summed E-state index contributed by atoms with van der Waals surface area (Å²) in [5, 5.41) is 3.37. The average Bonchev–Trinajstić information content (AvgIpc) is 2.42. The van der Waals surface area contributed by atoms with Crippen molar-refractivity contribution in [2.45, 2.75) is 19.4 Å². The van der Waals surface area contributed by atoms with E-state index in [1.165, 1.54) is 12.1 Å². The summed E-state index contributed by atoms with van der Waals surface area (Å²) >= 11 is 5.69. The summed E-state index contributed by atoms with van der Waals surface area (Å²) in [6.45, 7) is 2.83. The van der Waals surface area contributed by atoms with Gasteiger partial charge in [-0.15, -0.1) is 0 Å². The molecule has 2 rings (SSSR count). The lowest BCUT2D eigenvalue weighted by molar-refractivity contribution is 0.557. The van der Waals surface area contributed by atoms with Crippen LogP contribution in [0.15, 0.2) is 40.9 Å². The van der Waals surface area contributed by atoms with Gasteiger partial charge in [0, 0.05) is 14.1 Å². The molecule has 1 N–H and O–H groups in total. The molecule has 0 aliphatic rings. The lowest BCUT2D eigenvalue weighted by atomic mass is 9.98. The van der Waals surface area contributed by atoms with E-state index in [9.17, 15) is 8.78 Å². The van der Waals surface area contributed by atoms with Crippen molar-refractivity contribution in [3.05, 3.63) is 67.2 Å². The maximum atomic E-state index is 13.5. The number of hydrogen-bond donors (Lipinski definition) is 1. The van der Waals surface area contributed by atoms with Crippen molar-refractivity contribution in [2.75, 3.05) is 6.54 Å². The Morgan fingerprint density at radius 1 is 1.14 bits per heavy atom. The minimum Gasteiger partial charge on any atom is -0.306 e. The molecule has 1 unspecified atom stereocenters. The van der Waals surface area contributed by atoms with Gasteiger partial charge in [-0.1, -0.05) is 22.9 Å². The van der Waals surface area contributed by atoms with Crippen LogP contribution in [-0.2, 0) is 0 Å². The number of rotatable bonds is 5. The lowest BCUT2D eigenvalue weighted by Gasteiger charge is -2.21. The Morgan fingerprint density at radius 2 is 1.81 bits per heavy atom. The van der Waals surface area contributed by atoms with Gasteiger partial charge in [0.1, 0.15) is 11.6 Å². The third-order valence-electron chi connectivity index (χ3n) is 3.09. The molecule has 0 saturated heterocycles. The van der Waals surface area contributed by atoms with Gasteiger partial charge in [0.15, 0.2) is 0 Å². The van der Waals surface area contributed by atoms with Crippen LogP contribution in [0.3, 0.4) is 0 Å². The fourth-order valence-corrected chi connectivity index (χ4v) is 3.20. The molecule has 2 aromatic carbocycles. The zero-order valence-corrected chi connectivity index (χ0v) is 15.2. The maximum Gasteiger partial charge on any atom is 0.126 e. The van der Waals surface area contributed by atoms with E-state index in [1.54, 1.807) is 0 Å². The highest BCUT2D eigenvalue weighted by molar-refractivity contribution is 14.1. The van der Waals surface area contributed by atoms with Crippen molar-refractivity contribution in [3.63, 3.8) is 0 Å². The normalized spacial score (nSPS) is 12.4. The van der Waals surface area contributed by atoms with E-state index in [0.29, 0.717) is 5.56 Å². The van der Waals surface area contributed by atoms with Crippen LogP contribution in [0.1, 0.15) is 30.5 Å². The van der Waals surface area contributed by atoms with Crippen LogP contribution in [0.5, 0.6) is 0 Å². The van der Waals surface area contributed by atoms with Gasteiger partial charge >= 0.3 is 0 Å². The van der Waals surface area contributed by atoms with Crippen LogP contribution in [-0.4, -0.2) is 6.54 Å². The fraction of sp³-hybridized carbons (Fsp3) is 0.250. The van der Waals surface area contributed by atoms with Crippen LogP contribution >= 0.6 is 38.5 Å². The molecule has 5 heteroatoms. The van der Waals surface area contributed by atoms with Gasteiger partial charge in [-0.3, -0.25) is 0 Å². The van der Waals surface area contributed by atoms with E-state index in [-0.39, 0.29) is 6.04 Å². The average molecular weight is 466 g/mol. The van der Waals surface area contributed by atoms with E-state index in [0.717, 1.165) is 32.6 Å². The van der Waals surface area contributed by atoms with Gasteiger partial charge in [-0.05, 0) is 77.0 Å². The molecule has 0 aliphatic heterocycles. The second kappa shape index (κ2) is 7.65. The molecule has 21 heavy (non-hydrogen) atoms. The summed E-state index contributed by atoms with van der Waals surface area (Å²) in [4.78, 5) is 0. The second-order valence-corrected chi connectivity index (χ2v) is 6.83. The van der Waals surface area contributed by atoms with Crippen LogP contribution in [0.2, 0.25) is 0 Å². The van der Waals surface area contributed by atoms with E-state index in [1.807, 2.05) is 18.2 Å². The predicted octanol–water partition coefficient (Wildman–Crippen LogP) is 5.42. The van der Waals surface area contributed by atoms with Crippen LogP contribution < -0.4 is 5.32 Å². The molecular weight excluding hydrogens is 451 g/mol. The standard InChI is InChI=1S/C16H15BrF2IN/c1-2-5-21-16(10-6-12(18)9-13(19)7-10)14-8-11(17)3-4-15(14)20/h3-4,6-9,16,21H,2,5H2,1H3. The molecule has 112 valence electrons. The van der Waals surface area contributed by atoms with Gasteiger partial charge in [-0.25, -0.2) is 8.78 Å².